The molecule has 0 bridgehead atoms. The molecule has 19 heavy (non-hydrogen) atoms. The molecule has 1 atom stereocenters. The number of phenols is 1. The van der Waals surface area contributed by atoms with E-state index in [1.54, 1.807) is 19.2 Å². The Morgan fingerprint density at radius 3 is 3.05 bits per heavy atom. The van der Waals surface area contributed by atoms with Crippen molar-refractivity contribution in [2.24, 2.45) is 0 Å². The molecule has 0 saturated heterocycles. The number of hydrogen-bond acceptors (Lipinski definition) is 4. The molecule has 1 unspecified atom stereocenters. The number of carbonyl (C=O) groups is 1. The van der Waals surface area contributed by atoms with Crippen LogP contribution < -0.4 is 10.1 Å². The molecule has 104 valence electrons. The lowest BCUT2D eigenvalue weighted by Crippen LogP contribution is -2.39. The fourth-order valence-corrected chi connectivity index (χ4v) is 2.38. The van der Waals surface area contributed by atoms with E-state index in [0.717, 1.165) is 18.5 Å². The van der Waals surface area contributed by atoms with Gasteiger partial charge in [0.1, 0.15) is 18.1 Å². The van der Waals surface area contributed by atoms with Crippen LogP contribution in [0.3, 0.4) is 0 Å². The number of rotatable bonds is 5. The van der Waals surface area contributed by atoms with Gasteiger partial charge in [-0.05, 0) is 25.1 Å². The Bertz CT molecular complexity index is 462. The summed E-state index contributed by atoms with van der Waals surface area (Å²) in [4.78, 5) is 13.7. The van der Waals surface area contributed by atoms with Gasteiger partial charge in [-0.25, -0.2) is 0 Å². The summed E-state index contributed by atoms with van der Waals surface area (Å²) >= 11 is 0. The van der Waals surface area contributed by atoms with Crippen molar-refractivity contribution in [3.63, 3.8) is 0 Å². The number of phenolic OH excluding ortho intramolecular Hbond substituents is 1. The molecule has 5 nitrogen and oxygen atoms in total. The van der Waals surface area contributed by atoms with Gasteiger partial charge in [-0.1, -0.05) is 6.92 Å². The minimum atomic E-state index is 0.000628. The Morgan fingerprint density at radius 1 is 1.58 bits per heavy atom. The summed E-state index contributed by atoms with van der Waals surface area (Å²) in [5, 5.41) is 12.1. The standard InChI is InChI=1S/C14H20N2O3/c1-3-6-16(8-14(18)15-2)12-9-19-13-7-10(17)4-5-11(12)13/h4-5,7,12,17H,3,6,8-9H2,1-2H3,(H,15,18). The Balaban J connectivity index is 2.18. The first-order valence-corrected chi connectivity index (χ1v) is 6.56. The molecule has 0 aromatic heterocycles. The van der Waals surface area contributed by atoms with Gasteiger partial charge < -0.3 is 15.2 Å². The van der Waals surface area contributed by atoms with E-state index in [9.17, 15) is 9.90 Å². The van der Waals surface area contributed by atoms with Crippen molar-refractivity contribution in [2.75, 3.05) is 26.7 Å². The molecule has 1 heterocycles. The maximum Gasteiger partial charge on any atom is 0.233 e. The van der Waals surface area contributed by atoms with E-state index < -0.39 is 0 Å². The summed E-state index contributed by atoms with van der Waals surface area (Å²) in [6.07, 6.45) is 0.973. The summed E-state index contributed by atoms with van der Waals surface area (Å²) < 4.78 is 5.60. The molecule has 0 saturated carbocycles. The van der Waals surface area contributed by atoms with Crippen LogP contribution in [0.1, 0.15) is 24.9 Å². The molecule has 0 radical (unpaired) electrons. The molecular formula is C14H20N2O3. The summed E-state index contributed by atoms with van der Waals surface area (Å²) in [6, 6.07) is 5.23. The van der Waals surface area contributed by atoms with E-state index in [2.05, 4.69) is 17.1 Å². The first-order valence-electron chi connectivity index (χ1n) is 6.56. The molecule has 1 aromatic rings. The van der Waals surface area contributed by atoms with Crippen molar-refractivity contribution >= 4 is 5.91 Å². The Labute approximate surface area is 113 Å². The summed E-state index contributed by atoms with van der Waals surface area (Å²) in [5.41, 5.74) is 1.04. The zero-order valence-corrected chi connectivity index (χ0v) is 11.3. The number of amides is 1. The highest BCUT2D eigenvalue weighted by molar-refractivity contribution is 5.77. The Hall–Kier alpha value is -1.75. The van der Waals surface area contributed by atoms with Gasteiger partial charge >= 0.3 is 0 Å². The van der Waals surface area contributed by atoms with Crippen molar-refractivity contribution in [2.45, 2.75) is 19.4 Å². The van der Waals surface area contributed by atoms with E-state index in [1.807, 2.05) is 6.07 Å². The van der Waals surface area contributed by atoms with Crippen LogP contribution in [0, 0.1) is 0 Å². The predicted molar refractivity (Wildman–Crippen MR) is 72.3 cm³/mol. The second kappa shape index (κ2) is 5.93. The SMILES string of the molecule is CCCN(CC(=O)NC)C1COc2cc(O)ccc21. The molecule has 2 N–H and O–H groups in total. The lowest BCUT2D eigenvalue weighted by molar-refractivity contribution is -0.122. The number of benzene rings is 1. The highest BCUT2D eigenvalue weighted by atomic mass is 16.5. The lowest BCUT2D eigenvalue weighted by Gasteiger charge is -2.26. The maximum atomic E-state index is 11.6. The number of likely N-dealkylation sites (N-methyl/N-ethyl adjacent to an activating group) is 1. The minimum absolute atomic E-state index is 0.000628. The van der Waals surface area contributed by atoms with Gasteiger partial charge in [-0.15, -0.1) is 0 Å². The topological polar surface area (TPSA) is 61.8 Å². The van der Waals surface area contributed by atoms with E-state index in [4.69, 9.17) is 4.74 Å². The van der Waals surface area contributed by atoms with Crippen LogP contribution in [-0.4, -0.2) is 42.7 Å². The molecule has 5 heteroatoms. The Morgan fingerprint density at radius 2 is 2.37 bits per heavy atom. The van der Waals surface area contributed by atoms with Gasteiger partial charge in [0.05, 0.1) is 12.6 Å². The number of ether oxygens (including phenoxy) is 1. The Kier molecular flexibility index (Phi) is 4.27. The number of hydrogen-bond donors (Lipinski definition) is 2. The zero-order chi connectivity index (χ0) is 13.8. The van der Waals surface area contributed by atoms with Crippen molar-refractivity contribution < 1.29 is 14.6 Å². The summed E-state index contributed by atoms with van der Waals surface area (Å²) in [6.45, 7) is 3.81. The maximum absolute atomic E-state index is 11.6. The van der Waals surface area contributed by atoms with Gasteiger partial charge in [-0.3, -0.25) is 9.69 Å². The van der Waals surface area contributed by atoms with Gasteiger partial charge in [0.2, 0.25) is 5.91 Å². The fourth-order valence-electron chi connectivity index (χ4n) is 2.38. The molecule has 1 aliphatic rings. The van der Waals surface area contributed by atoms with Gasteiger partial charge in [-0.2, -0.15) is 0 Å². The average molecular weight is 264 g/mol. The molecule has 0 spiro atoms. The number of carbonyl (C=O) groups excluding carboxylic acids is 1. The van der Waals surface area contributed by atoms with Crippen LogP contribution in [0.5, 0.6) is 11.5 Å². The van der Waals surface area contributed by atoms with E-state index in [0.29, 0.717) is 18.9 Å². The minimum Gasteiger partial charge on any atom is -0.508 e. The first-order chi connectivity index (χ1) is 9.15. The first kappa shape index (κ1) is 13.7. The van der Waals surface area contributed by atoms with E-state index in [-0.39, 0.29) is 17.7 Å². The smallest absolute Gasteiger partial charge is 0.233 e. The predicted octanol–water partition coefficient (Wildman–Crippen LogP) is 1.28. The lowest BCUT2D eigenvalue weighted by atomic mass is 10.1. The van der Waals surface area contributed by atoms with Crippen LogP contribution >= 0.6 is 0 Å². The number of nitrogens with zero attached hydrogens (tertiary/aromatic N) is 1. The summed E-state index contributed by atoms with van der Waals surface area (Å²) in [5.74, 6) is 0.913. The molecule has 0 aliphatic carbocycles. The highest BCUT2D eigenvalue weighted by Gasteiger charge is 2.30. The monoisotopic (exact) mass is 264 g/mol. The summed E-state index contributed by atoms with van der Waals surface area (Å²) in [7, 11) is 1.64. The van der Waals surface area contributed by atoms with Crippen LogP contribution in [0.4, 0.5) is 0 Å². The van der Waals surface area contributed by atoms with Crippen LogP contribution in [0.2, 0.25) is 0 Å². The van der Waals surface area contributed by atoms with Crippen molar-refractivity contribution in [1.82, 2.24) is 10.2 Å². The average Bonchev–Trinajstić information content (AvgIpc) is 2.80. The molecule has 2 rings (SSSR count). The third-order valence-electron chi connectivity index (χ3n) is 3.33. The van der Waals surface area contributed by atoms with E-state index >= 15 is 0 Å². The molecule has 1 amide bonds. The van der Waals surface area contributed by atoms with Crippen molar-refractivity contribution in [3.8, 4) is 11.5 Å². The quantitative estimate of drug-likeness (QED) is 0.841. The van der Waals surface area contributed by atoms with Gasteiger partial charge in [0.25, 0.3) is 0 Å². The van der Waals surface area contributed by atoms with Crippen LogP contribution in [0.25, 0.3) is 0 Å². The zero-order valence-electron chi connectivity index (χ0n) is 11.3. The second-order valence-electron chi connectivity index (χ2n) is 4.69. The van der Waals surface area contributed by atoms with E-state index in [1.165, 1.54) is 0 Å². The number of aromatic hydroxyl groups is 1. The third kappa shape index (κ3) is 2.98. The highest BCUT2D eigenvalue weighted by Crippen LogP contribution is 2.38. The van der Waals surface area contributed by atoms with Crippen molar-refractivity contribution in [1.29, 1.82) is 0 Å². The van der Waals surface area contributed by atoms with Crippen LogP contribution in [0.15, 0.2) is 18.2 Å². The largest absolute Gasteiger partial charge is 0.508 e. The molecule has 0 fully saturated rings. The van der Waals surface area contributed by atoms with Gasteiger partial charge in [0, 0.05) is 18.7 Å². The molecular weight excluding hydrogens is 244 g/mol. The number of fused-ring (bicyclic) bond motifs is 1. The van der Waals surface area contributed by atoms with Crippen molar-refractivity contribution in [3.05, 3.63) is 23.8 Å². The number of nitrogens with one attached hydrogen (secondary N) is 1. The van der Waals surface area contributed by atoms with Crippen LogP contribution in [-0.2, 0) is 4.79 Å². The molecule has 1 aliphatic heterocycles. The second-order valence-corrected chi connectivity index (χ2v) is 4.69. The molecule has 1 aromatic carbocycles. The third-order valence-corrected chi connectivity index (χ3v) is 3.33. The van der Waals surface area contributed by atoms with Gasteiger partial charge in [0.15, 0.2) is 0 Å². The normalized spacial score (nSPS) is 17.1. The fraction of sp³-hybridized carbons (Fsp3) is 0.500.